The predicted molar refractivity (Wildman–Crippen MR) is 70.3 cm³/mol. The number of thiophene rings is 1. The molecule has 0 unspecified atom stereocenters. The Morgan fingerprint density at radius 2 is 2.11 bits per heavy atom. The highest BCUT2D eigenvalue weighted by molar-refractivity contribution is 7.12. The van der Waals surface area contributed by atoms with Crippen molar-refractivity contribution in [3.8, 4) is 0 Å². The number of carboxylic acid groups (broad SMARTS) is 1. The standard InChI is InChI=1S/C12H16N2O3S/c1-13-11(15)8-2-4-14(5-3-8)9-6-10(12(16)17)18-7-9/h6-8H,2-5H2,1H3,(H,13,15)(H,16,17). The van der Waals surface area contributed by atoms with Crippen LogP contribution < -0.4 is 10.2 Å². The monoisotopic (exact) mass is 268 g/mol. The minimum Gasteiger partial charge on any atom is -0.477 e. The van der Waals surface area contributed by atoms with E-state index in [1.165, 1.54) is 11.3 Å². The molecule has 0 bridgehead atoms. The van der Waals surface area contributed by atoms with Gasteiger partial charge in [0, 0.05) is 37.1 Å². The summed E-state index contributed by atoms with van der Waals surface area (Å²) in [6.07, 6.45) is 1.63. The molecule has 0 spiro atoms. The smallest absolute Gasteiger partial charge is 0.345 e. The van der Waals surface area contributed by atoms with Crippen molar-refractivity contribution < 1.29 is 14.7 Å². The number of amides is 1. The highest BCUT2D eigenvalue weighted by Gasteiger charge is 2.25. The van der Waals surface area contributed by atoms with Crippen LogP contribution in [0.15, 0.2) is 11.4 Å². The molecule has 2 N–H and O–H groups in total. The van der Waals surface area contributed by atoms with Gasteiger partial charge in [-0.05, 0) is 18.9 Å². The second-order valence-electron chi connectivity index (χ2n) is 4.35. The number of nitrogens with one attached hydrogen (secondary N) is 1. The Balaban J connectivity index is 1.96. The summed E-state index contributed by atoms with van der Waals surface area (Å²) in [6.45, 7) is 1.60. The Kier molecular flexibility index (Phi) is 3.86. The van der Waals surface area contributed by atoms with Crippen molar-refractivity contribution in [1.29, 1.82) is 0 Å². The number of carbonyl (C=O) groups excluding carboxylic acids is 1. The van der Waals surface area contributed by atoms with Crippen LogP contribution in [0.4, 0.5) is 5.69 Å². The third-order valence-electron chi connectivity index (χ3n) is 3.27. The maximum absolute atomic E-state index is 11.5. The van der Waals surface area contributed by atoms with E-state index in [1.807, 2.05) is 5.38 Å². The maximum atomic E-state index is 11.5. The van der Waals surface area contributed by atoms with Gasteiger partial charge in [0.05, 0.1) is 0 Å². The molecule has 0 saturated carbocycles. The summed E-state index contributed by atoms with van der Waals surface area (Å²) in [4.78, 5) is 24.8. The first-order valence-corrected chi connectivity index (χ1v) is 6.78. The molecular formula is C12H16N2O3S. The first-order chi connectivity index (χ1) is 8.61. The molecule has 1 amide bonds. The number of anilines is 1. The maximum Gasteiger partial charge on any atom is 0.345 e. The van der Waals surface area contributed by atoms with Gasteiger partial charge in [0.15, 0.2) is 0 Å². The number of hydrogen-bond donors (Lipinski definition) is 2. The van der Waals surface area contributed by atoms with Crippen LogP contribution in [0.3, 0.4) is 0 Å². The lowest BCUT2D eigenvalue weighted by Gasteiger charge is -2.32. The third-order valence-corrected chi connectivity index (χ3v) is 4.18. The predicted octanol–water partition coefficient (Wildman–Crippen LogP) is 1.41. The van der Waals surface area contributed by atoms with Gasteiger partial charge < -0.3 is 15.3 Å². The Morgan fingerprint density at radius 3 is 2.61 bits per heavy atom. The van der Waals surface area contributed by atoms with Crippen molar-refractivity contribution in [3.63, 3.8) is 0 Å². The van der Waals surface area contributed by atoms with E-state index in [4.69, 9.17) is 5.11 Å². The minimum absolute atomic E-state index is 0.0869. The van der Waals surface area contributed by atoms with Crippen LogP contribution in [0.2, 0.25) is 0 Å². The lowest BCUT2D eigenvalue weighted by atomic mass is 9.96. The highest BCUT2D eigenvalue weighted by atomic mass is 32.1. The number of carbonyl (C=O) groups is 2. The fourth-order valence-electron chi connectivity index (χ4n) is 2.21. The summed E-state index contributed by atoms with van der Waals surface area (Å²) in [5.41, 5.74) is 0.952. The summed E-state index contributed by atoms with van der Waals surface area (Å²) in [5.74, 6) is -0.693. The molecule has 2 rings (SSSR count). The van der Waals surface area contributed by atoms with Gasteiger partial charge >= 0.3 is 5.97 Å². The van der Waals surface area contributed by atoms with Crippen LogP contribution in [-0.2, 0) is 4.79 Å². The van der Waals surface area contributed by atoms with Crippen molar-refractivity contribution in [3.05, 3.63) is 16.3 Å². The Morgan fingerprint density at radius 1 is 1.44 bits per heavy atom. The third kappa shape index (κ3) is 2.64. The van der Waals surface area contributed by atoms with E-state index < -0.39 is 5.97 Å². The summed E-state index contributed by atoms with van der Waals surface area (Å²) in [7, 11) is 1.66. The molecule has 0 aliphatic carbocycles. The molecule has 1 saturated heterocycles. The summed E-state index contributed by atoms with van der Waals surface area (Å²) >= 11 is 1.24. The molecule has 18 heavy (non-hydrogen) atoms. The van der Waals surface area contributed by atoms with Crippen LogP contribution >= 0.6 is 11.3 Å². The fourth-order valence-corrected chi connectivity index (χ4v) is 2.96. The molecule has 0 atom stereocenters. The lowest BCUT2D eigenvalue weighted by Crippen LogP contribution is -2.39. The quantitative estimate of drug-likeness (QED) is 0.869. The Hall–Kier alpha value is -1.56. The lowest BCUT2D eigenvalue weighted by molar-refractivity contribution is -0.125. The minimum atomic E-state index is -0.883. The van der Waals surface area contributed by atoms with Gasteiger partial charge in [0.25, 0.3) is 0 Å². The topological polar surface area (TPSA) is 69.6 Å². The largest absolute Gasteiger partial charge is 0.477 e. The van der Waals surface area contributed by atoms with Crippen LogP contribution in [0.5, 0.6) is 0 Å². The number of carboxylic acids is 1. The number of piperidine rings is 1. The highest BCUT2D eigenvalue weighted by Crippen LogP contribution is 2.27. The van der Waals surface area contributed by atoms with E-state index in [2.05, 4.69) is 10.2 Å². The summed E-state index contributed by atoms with van der Waals surface area (Å²) < 4.78 is 0. The number of nitrogens with zero attached hydrogens (tertiary/aromatic N) is 1. The van der Waals surface area contributed by atoms with E-state index in [-0.39, 0.29) is 11.8 Å². The van der Waals surface area contributed by atoms with Gasteiger partial charge in [-0.25, -0.2) is 4.79 Å². The normalized spacial score (nSPS) is 16.6. The van der Waals surface area contributed by atoms with E-state index in [1.54, 1.807) is 13.1 Å². The van der Waals surface area contributed by atoms with Gasteiger partial charge in [0.1, 0.15) is 4.88 Å². The molecule has 0 aromatic carbocycles. The van der Waals surface area contributed by atoms with Gasteiger partial charge in [-0.2, -0.15) is 0 Å². The summed E-state index contributed by atoms with van der Waals surface area (Å²) in [5, 5.41) is 13.4. The average molecular weight is 268 g/mol. The molecule has 1 aliphatic heterocycles. The zero-order valence-corrected chi connectivity index (χ0v) is 11.0. The SMILES string of the molecule is CNC(=O)C1CCN(c2csc(C(=O)O)c2)CC1. The van der Waals surface area contributed by atoms with Gasteiger partial charge in [-0.3, -0.25) is 4.79 Å². The number of rotatable bonds is 3. The van der Waals surface area contributed by atoms with E-state index in [9.17, 15) is 9.59 Å². The molecule has 6 heteroatoms. The van der Waals surface area contributed by atoms with Crippen LogP contribution in [0, 0.1) is 5.92 Å². The number of aromatic carboxylic acids is 1. The zero-order chi connectivity index (χ0) is 13.1. The van der Waals surface area contributed by atoms with Crippen molar-refractivity contribution in [2.75, 3.05) is 25.0 Å². The Bertz CT molecular complexity index is 450. The molecule has 1 aliphatic rings. The van der Waals surface area contributed by atoms with Crippen molar-refractivity contribution in [2.45, 2.75) is 12.8 Å². The molecule has 1 fully saturated rings. The second kappa shape index (κ2) is 5.39. The van der Waals surface area contributed by atoms with Crippen LogP contribution in [0.1, 0.15) is 22.5 Å². The molecule has 5 nitrogen and oxygen atoms in total. The molecule has 1 aromatic heterocycles. The number of hydrogen-bond acceptors (Lipinski definition) is 4. The molecule has 1 aromatic rings. The van der Waals surface area contributed by atoms with E-state index >= 15 is 0 Å². The van der Waals surface area contributed by atoms with Crippen LogP contribution in [0.25, 0.3) is 0 Å². The Labute approximate surface area is 109 Å². The van der Waals surface area contributed by atoms with E-state index in [0.717, 1.165) is 31.6 Å². The molecule has 98 valence electrons. The van der Waals surface area contributed by atoms with Crippen LogP contribution in [-0.4, -0.2) is 37.1 Å². The van der Waals surface area contributed by atoms with Gasteiger partial charge in [-0.15, -0.1) is 11.3 Å². The average Bonchev–Trinajstić information content (AvgIpc) is 2.88. The first kappa shape index (κ1) is 12.9. The van der Waals surface area contributed by atoms with Crippen molar-refractivity contribution in [2.24, 2.45) is 5.92 Å². The molecule has 0 radical (unpaired) electrons. The summed E-state index contributed by atoms with van der Waals surface area (Å²) in [6, 6.07) is 1.70. The zero-order valence-electron chi connectivity index (χ0n) is 10.2. The van der Waals surface area contributed by atoms with Crippen molar-refractivity contribution >= 4 is 28.9 Å². The second-order valence-corrected chi connectivity index (χ2v) is 5.26. The van der Waals surface area contributed by atoms with Crippen molar-refractivity contribution in [1.82, 2.24) is 5.32 Å². The van der Waals surface area contributed by atoms with E-state index in [0.29, 0.717) is 4.88 Å². The fraction of sp³-hybridized carbons (Fsp3) is 0.500. The van der Waals surface area contributed by atoms with Gasteiger partial charge in [0.2, 0.25) is 5.91 Å². The van der Waals surface area contributed by atoms with Gasteiger partial charge in [-0.1, -0.05) is 0 Å². The first-order valence-electron chi connectivity index (χ1n) is 5.90. The molecular weight excluding hydrogens is 252 g/mol. The molecule has 2 heterocycles.